The second-order valence-electron chi connectivity index (χ2n) is 4.19. The molecule has 0 atom stereocenters. The highest BCUT2D eigenvalue weighted by Gasteiger charge is 2.16. The van der Waals surface area contributed by atoms with Gasteiger partial charge in [0.15, 0.2) is 5.15 Å². The molecule has 3 rings (SSSR count). The fourth-order valence-corrected chi connectivity index (χ4v) is 2.21. The van der Waals surface area contributed by atoms with Gasteiger partial charge in [-0.15, -0.1) is 0 Å². The van der Waals surface area contributed by atoms with Gasteiger partial charge in [-0.05, 0) is 36.4 Å². The Bertz CT molecular complexity index is 801. The number of benzene rings is 2. The van der Waals surface area contributed by atoms with Crippen LogP contribution >= 0.6 is 23.2 Å². The minimum Gasteiger partial charge on any atom is -0.287 e. The van der Waals surface area contributed by atoms with E-state index in [1.807, 2.05) is 12.1 Å². The second-order valence-corrected chi connectivity index (χ2v) is 4.98. The van der Waals surface area contributed by atoms with Crippen molar-refractivity contribution in [1.82, 2.24) is 9.97 Å². The van der Waals surface area contributed by atoms with Gasteiger partial charge in [0.2, 0.25) is 5.78 Å². The molecule has 0 fully saturated rings. The van der Waals surface area contributed by atoms with Crippen molar-refractivity contribution in [2.75, 3.05) is 0 Å². The molecule has 2 aromatic carbocycles. The molecule has 1 heterocycles. The molecule has 0 unspecified atom stereocenters. The first-order valence-electron chi connectivity index (χ1n) is 5.88. The molecule has 0 bridgehead atoms. The minimum atomic E-state index is -0.273. The number of hydrogen-bond acceptors (Lipinski definition) is 3. The minimum absolute atomic E-state index is 0.101. The topological polar surface area (TPSA) is 42.9 Å². The van der Waals surface area contributed by atoms with Crippen LogP contribution in [0.4, 0.5) is 0 Å². The van der Waals surface area contributed by atoms with Gasteiger partial charge in [-0.3, -0.25) is 4.79 Å². The molecule has 0 N–H and O–H groups in total. The molecule has 20 heavy (non-hydrogen) atoms. The van der Waals surface area contributed by atoms with Gasteiger partial charge in [-0.25, -0.2) is 9.97 Å². The molecule has 0 aliphatic rings. The molecule has 0 amide bonds. The molecule has 0 radical (unpaired) electrons. The number of carbonyl (C=O) groups excluding carboxylic acids is 1. The number of ketones is 1. The van der Waals surface area contributed by atoms with Crippen LogP contribution in [-0.2, 0) is 0 Å². The molecule has 5 heteroatoms. The third kappa shape index (κ3) is 2.38. The maximum Gasteiger partial charge on any atom is 0.214 e. The van der Waals surface area contributed by atoms with Gasteiger partial charge in [0.05, 0.1) is 11.0 Å². The SMILES string of the molecule is O=C(c1ccc(Cl)cc1)c1nc2ccccc2nc1Cl. The summed E-state index contributed by atoms with van der Waals surface area (Å²) in [6.07, 6.45) is 0. The summed E-state index contributed by atoms with van der Waals surface area (Å²) in [5.41, 5.74) is 1.91. The monoisotopic (exact) mass is 302 g/mol. The van der Waals surface area contributed by atoms with E-state index < -0.39 is 0 Å². The van der Waals surface area contributed by atoms with Crippen molar-refractivity contribution in [3.05, 3.63) is 70.0 Å². The fraction of sp³-hybridized carbons (Fsp3) is 0. The normalized spacial score (nSPS) is 10.7. The van der Waals surface area contributed by atoms with Crippen molar-refractivity contribution in [2.45, 2.75) is 0 Å². The molecule has 0 saturated heterocycles. The van der Waals surface area contributed by atoms with Crippen molar-refractivity contribution in [2.24, 2.45) is 0 Å². The molecular weight excluding hydrogens is 295 g/mol. The number of rotatable bonds is 2. The van der Waals surface area contributed by atoms with E-state index in [0.717, 1.165) is 0 Å². The number of para-hydroxylation sites is 2. The predicted octanol–water partition coefficient (Wildman–Crippen LogP) is 4.17. The maximum absolute atomic E-state index is 12.4. The first kappa shape index (κ1) is 13.0. The smallest absolute Gasteiger partial charge is 0.214 e. The molecule has 1 aromatic heterocycles. The van der Waals surface area contributed by atoms with Crippen LogP contribution in [0.3, 0.4) is 0 Å². The lowest BCUT2D eigenvalue weighted by Gasteiger charge is -2.04. The van der Waals surface area contributed by atoms with E-state index in [1.54, 1.807) is 36.4 Å². The standard InChI is InChI=1S/C15H8Cl2N2O/c16-10-7-5-9(6-8-10)14(20)13-15(17)19-12-4-2-1-3-11(12)18-13/h1-8H. The van der Waals surface area contributed by atoms with Gasteiger partial charge in [0, 0.05) is 10.6 Å². The van der Waals surface area contributed by atoms with Crippen molar-refractivity contribution in [1.29, 1.82) is 0 Å². The Balaban J connectivity index is 2.11. The maximum atomic E-state index is 12.4. The summed E-state index contributed by atoms with van der Waals surface area (Å²) in [4.78, 5) is 20.9. The largest absolute Gasteiger partial charge is 0.287 e. The van der Waals surface area contributed by atoms with Crippen LogP contribution in [0.15, 0.2) is 48.5 Å². The zero-order chi connectivity index (χ0) is 14.1. The Kier molecular flexibility index (Phi) is 3.38. The summed E-state index contributed by atoms with van der Waals surface area (Å²) in [6.45, 7) is 0. The van der Waals surface area contributed by atoms with Crippen LogP contribution in [0.5, 0.6) is 0 Å². The Labute approximate surface area is 125 Å². The van der Waals surface area contributed by atoms with E-state index in [4.69, 9.17) is 23.2 Å². The van der Waals surface area contributed by atoms with E-state index in [-0.39, 0.29) is 16.6 Å². The lowest BCUT2D eigenvalue weighted by Crippen LogP contribution is -2.06. The third-order valence-corrected chi connectivity index (χ3v) is 3.36. The van der Waals surface area contributed by atoms with Crippen LogP contribution in [0.2, 0.25) is 10.2 Å². The molecule has 0 aliphatic carbocycles. The van der Waals surface area contributed by atoms with Crippen LogP contribution < -0.4 is 0 Å². The van der Waals surface area contributed by atoms with Crippen molar-refractivity contribution in [3.8, 4) is 0 Å². The van der Waals surface area contributed by atoms with Crippen molar-refractivity contribution in [3.63, 3.8) is 0 Å². The van der Waals surface area contributed by atoms with Crippen LogP contribution in [0.25, 0.3) is 11.0 Å². The Morgan fingerprint density at radius 3 is 2.10 bits per heavy atom. The molecular formula is C15H8Cl2N2O. The number of carbonyl (C=O) groups is 1. The van der Waals surface area contributed by atoms with Crippen LogP contribution in [0, 0.1) is 0 Å². The van der Waals surface area contributed by atoms with Crippen molar-refractivity contribution < 1.29 is 4.79 Å². The van der Waals surface area contributed by atoms with Gasteiger partial charge >= 0.3 is 0 Å². The van der Waals surface area contributed by atoms with E-state index >= 15 is 0 Å². The van der Waals surface area contributed by atoms with E-state index in [0.29, 0.717) is 21.6 Å². The second kappa shape index (κ2) is 5.19. The summed E-state index contributed by atoms with van der Waals surface area (Å²) < 4.78 is 0. The molecule has 3 nitrogen and oxygen atoms in total. The Hall–Kier alpha value is -1.97. The lowest BCUT2D eigenvalue weighted by atomic mass is 10.1. The molecule has 0 saturated carbocycles. The highest BCUT2D eigenvalue weighted by Crippen LogP contribution is 2.20. The average molecular weight is 303 g/mol. The summed E-state index contributed by atoms with van der Waals surface area (Å²) in [5, 5.41) is 0.667. The van der Waals surface area contributed by atoms with Gasteiger partial charge in [-0.1, -0.05) is 35.3 Å². The molecule has 98 valence electrons. The van der Waals surface area contributed by atoms with Crippen LogP contribution in [0.1, 0.15) is 16.1 Å². The van der Waals surface area contributed by atoms with Gasteiger partial charge in [-0.2, -0.15) is 0 Å². The van der Waals surface area contributed by atoms with Gasteiger partial charge in [0.25, 0.3) is 0 Å². The fourth-order valence-electron chi connectivity index (χ4n) is 1.86. The van der Waals surface area contributed by atoms with E-state index in [2.05, 4.69) is 9.97 Å². The lowest BCUT2D eigenvalue weighted by molar-refractivity contribution is 0.103. The number of halogens is 2. The van der Waals surface area contributed by atoms with E-state index in [9.17, 15) is 4.79 Å². The quantitative estimate of drug-likeness (QED) is 0.667. The van der Waals surface area contributed by atoms with Crippen LogP contribution in [-0.4, -0.2) is 15.8 Å². The highest BCUT2D eigenvalue weighted by atomic mass is 35.5. The summed E-state index contributed by atoms with van der Waals surface area (Å²) in [6, 6.07) is 13.8. The molecule has 0 spiro atoms. The summed E-state index contributed by atoms with van der Waals surface area (Å²) in [5.74, 6) is -0.273. The zero-order valence-electron chi connectivity index (χ0n) is 10.2. The van der Waals surface area contributed by atoms with E-state index in [1.165, 1.54) is 0 Å². The summed E-state index contributed by atoms with van der Waals surface area (Å²) in [7, 11) is 0. The Morgan fingerprint density at radius 1 is 0.850 bits per heavy atom. The first-order valence-corrected chi connectivity index (χ1v) is 6.63. The van der Waals surface area contributed by atoms with Gasteiger partial charge in [0.1, 0.15) is 5.69 Å². The summed E-state index contributed by atoms with van der Waals surface area (Å²) >= 11 is 11.9. The number of aromatic nitrogens is 2. The van der Waals surface area contributed by atoms with Gasteiger partial charge < -0.3 is 0 Å². The molecule has 3 aromatic rings. The molecule has 0 aliphatic heterocycles. The van der Waals surface area contributed by atoms with Crippen molar-refractivity contribution >= 4 is 40.0 Å². The Morgan fingerprint density at radius 2 is 1.45 bits per heavy atom. The first-order chi connectivity index (χ1) is 9.65. The predicted molar refractivity (Wildman–Crippen MR) is 79.4 cm³/mol. The third-order valence-electron chi connectivity index (χ3n) is 2.85. The highest BCUT2D eigenvalue weighted by molar-refractivity contribution is 6.34. The average Bonchev–Trinajstić information content (AvgIpc) is 2.46. The number of hydrogen-bond donors (Lipinski definition) is 0. The number of fused-ring (bicyclic) bond motifs is 1. The number of nitrogens with zero attached hydrogens (tertiary/aromatic N) is 2. The zero-order valence-corrected chi connectivity index (χ0v) is 11.7.